The van der Waals surface area contributed by atoms with Crippen molar-refractivity contribution in [3.05, 3.63) is 77.9 Å². The number of carbonyl (C=O) groups excluding carboxylic acids is 3. The molecule has 0 aromatic heterocycles. The molecule has 1 saturated heterocycles. The van der Waals surface area contributed by atoms with Gasteiger partial charge in [-0.15, -0.1) is 0 Å². The highest BCUT2D eigenvalue weighted by Gasteiger charge is 2.22. The molecule has 0 radical (unpaired) electrons. The maximum absolute atomic E-state index is 12.8. The molecule has 29 heavy (non-hydrogen) atoms. The summed E-state index contributed by atoms with van der Waals surface area (Å²) in [7, 11) is 0. The highest BCUT2D eigenvalue weighted by atomic mass is 16.2. The summed E-state index contributed by atoms with van der Waals surface area (Å²) in [6.07, 6.45) is 1.23. The number of amides is 3. The second-order valence-electron chi connectivity index (χ2n) is 6.81. The quantitative estimate of drug-likeness (QED) is 0.729. The first-order valence-electron chi connectivity index (χ1n) is 9.41. The van der Waals surface area contributed by atoms with Crippen molar-refractivity contribution in [2.24, 2.45) is 5.73 Å². The molecule has 0 saturated carbocycles. The van der Waals surface area contributed by atoms with Gasteiger partial charge < -0.3 is 20.9 Å². The zero-order chi connectivity index (χ0) is 20.8. The van der Waals surface area contributed by atoms with Crippen molar-refractivity contribution < 1.29 is 14.4 Å². The molecule has 150 valence electrons. The Morgan fingerprint density at radius 2 is 1.52 bits per heavy atom. The van der Waals surface area contributed by atoms with Crippen LogP contribution < -0.4 is 16.0 Å². The van der Waals surface area contributed by atoms with Gasteiger partial charge in [-0.05, 0) is 48.0 Å². The standard InChI is InChI=1S/C22H24N4O3/c1-2-20(27)24-15-16-3-5-18(6-4-16)22(29)26-13-11-25(12-14-26)19-9-7-17(8-10-19)21(23)28/h2-10H,1,11-15H2,(H2,23,28)(H,24,27). The molecule has 0 spiro atoms. The number of nitrogens with zero attached hydrogens (tertiary/aromatic N) is 2. The smallest absolute Gasteiger partial charge is 0.253 e. The van der Waals surface area contributed by atoms with E-state index in [0.29, 0.717) is 43.9 Å². The molecule has 7 nitrogen and oxygen atoms in total. The van der Waals surface area contributed by atoms with Gasteiger partial charge in [-0.3, -0.25) is 14.4 Å². The molecule has 0 aliphatic carbocycles. The van der Waals surface area contributed by atoms with Crippen molar-refractivity contribution in [2.45, 2.75) is 6.54 Å². The highest BCUT2D eigenvalue weighted by molar-refractivity contribution is 5.94. The van der Waals surface area contributed by atoms with Gasteiger partial charge in [0.1, 0.15) is 0 Å². The van der Waals surface area contributed by atoms with Gasteiger partial charge in [0.25, 0.3) is 5.91 Å². The summed E-state index contributed by atoms with van der Waals surface area (Å²) in [5, 5.41) is 2.71. The molecule has 7 heteroatoms. The third-order valence-electron chi connectivity index (χ3n) is 4.94. The molecule has 2 aromatic carbocycles. The lowest BCUT2D eigenvalue weighted by Crippen LogP contribution is -2.48. The molecular weight excluding hydrogens is 368 g/mol. The summed E-state index contributed by atoms with van der Waals surface area (Å²) in [6, 6.07) is 14.4. The molecule has 3 N–H and O–H groups in total. The summed E-state index contributed by atoms with van der Waals surface area (Å²) < 4.78 is 0. The molecule has 1 aliphatic rings. The van der Waals surface area contributed by atoms with Gasteiger partial charge in [0.15, 0.2) is 0 Å². The van der Waals surface area contributed by atoms with E-state index in [-0.39, 0.29) is 11.8 Å². The Balaban J connectivity index is 1.54. The number of benzene rings is 2. The van der Waals surface area contributed by atoms with E-state index < -0.39 is 5.91 Å². The van der Waals surface area contributed by atoms with Crippen molar-refractivity contribution in [1.82, 2.24) is 10.2 Å². The molecule has 0 bridgehead atoms. The molecule has 0 atom stereocenters. The first-order valence-corrected chi connectivity index (χ1v) is 9.41. The lowest BCUT2D eigenvalue weighted by molar-refractivity contribution is -0.116. The lowest BCUT2D eigenvalue weighted by atomic mass is 10.1. The summed E-state index contributed by atoms with van der Waals surface area (Å²) in [4.78, 5) is 39.2. The highest BCUT2D eigenvalue weighted by Crippen LogP contribution is 2.18. The minimum atomic E-state index is -0.443. The summed E-state index contributed by atoms with van der Waals surface area (Å²) >= 11 is 0. The van der Waals surface area contributed by atoms with E-state index in [1.54, 1.807) is 24.3 Å². The predicted octanol–water partition coefficient (Wildman–Crippen LogP) is 1.55. The number of hydrogen-bond donors (Lipinski definition) is 2. The molecule has 1 heterocycles. The number of primary amides is 1. The molecule has 3 rings (SSSR count). The van der Waals surface area contributed by atoms with Gasteiger partial charge in [-0.25, -0.2) is 0 Å². The van der Waals surface area contributed by atoms with Gasteiger partial charge in [0.2, 0.25) is 11.8 Å². The Labute approximate surface area is 169 Å². The zero-order valence-electron chi connectivity index (χ0n) is 16.1. The molecule has 0 unspecified atom stereocenters. The maximum Gasteiger partial charge on any atom is 0.253 e. The van der Waals surface area contributed by atoms with Gasteiger partial charge in [-0.1, -0.05) is 18.7 Å². The Morgan fingerprint density at radius 3 is 2.07 bits per heavy atom. The van der Waals surface area contributed by atoms with Gasteiger partial charge >= 0.3 is 0 Å². The largest absolute Gasteiger partial charge is 0.368 e. The summed E-state index contributed by atoms with van der Waals surface area (Å²) in [5.74, 6) is -0.677. The number of piperazine rings is 1. The van der Waals surface area contributed by atoms with Crippen molar-refractivity contribution in [3.63, 3.8) is 0 Å². The topological polar surface area (TPSA) is 95.7 Å². The Bertz CT molecular complexity index is 899. The summed E-state index contributed by atoms with van der Waals surface area (Å²) in [6.45, 7) is 6.48. The van der Waals surface area contributed by atoms with Gasteiger partial charge in [0, 0.05) is 49.5 Å². The van der Waals surface area contributed by atoms with Gasteiger partial charge in [0.05, 0.1) is 0 Å². The van der Waals surface area contributed by atoms with Crippen molar-refractivity contribution in [3.8, 4) is 0 Å². The van der Waals surface area contributed by atoms with Crippen LogP contribution in [0, 0.1) is 0 Å². The SMILES string of the molecule is C=CC(=O)NCc1ccc(C(=O)N2CCN(c3ccc(C(N)=O)cc3)CC2)cc1. The number of anilines is 1. The third kappa shape index (κ3) is 5.01. The minimum absolute atomic E-state index is 0.00426. The number of nitrogens with one attached hydrogen (secondary N) is 1. The zero-order valence-corrected chi connectivity index (χ0v) is 16.1. The predicted molar refractivity (Wildman–Crippen MR) is 112 cm³/mol. The fourth-order valence-corrected chi connectivity index (χ4v) is 3.21. The van der Waals surface area contributed by atoms with E-state index in [2.05, 4.69) is 16.8 Å². The molecule has 1 aliphatic heterocycles. The lowest BCUT2D eigenvalue weighted by Gasteiger charge is -2.36. The first-order chi connectivity index (χ1) is 14.0. The maximum atomic E-state index is 12.8. The van der Waals surface area contributed by atoms with Crippen molar-refractivity contribution >= 4 is 23.4 Å². The molecular formula is C22H24N4O3. The van der Waals surface area contributed by atoms with Crippen LogP contribution in [0.4, 0.5) is 5.69 Å². The normalized spacial score (nSPS) is 13.7. The molecule has 3 amide bonds. The van der Waals surface area contributed by atoms with Crippen LogP contribution in [-0.4, -0.2) is 48.8 Å². The van der Waals surface area contributed by atoms with Gasteiger partial charge in [-0.2, -0.15) is 0 Å². The van der Waals surface area contributed by atoms with E-state index in [1.165, 1.54) is 6.08 Å². The Kier molecular flexibility index (Phi) is 6.29. The second kappa shape index (κ2) is 9.05. The molecule has 2 aromatic rings. The Hall–Kier alpha value is -3.61. The monoisotopic (exact) mass is 392 g/mol. The van der Waals surface area contributed by atoms with Crippen LogP contribution in [0.5, 0.6) is 0 Å². The van der Waals surface area contributed by atoms with Crippen LogP contribution in [0.15, 0.2) is 61.2 Å². The number of nitrogens with two attached hydrogens (primary N) is 1. The number of carbonyl (C=O) groups is 3. The number of rotatable bonds is 6. The van der Waals surface area contributed by atoms with Crippen LogP contribution in [0.1, 0.15) is 26.3 Å². The second-order valence-corrected chi connectivity index (χ2v) is 6.81. The third-order valence-corrected chi connectivity index (χ3v) is 4.94. The van der Waals surface area contributed by atoms with Crippen LogP contribution in [0.2, 0.25) is 0 Å². The average molecular weight is 392 g/mol. The van der Waals surface area contributed by atoms with Crippen LogP contribution in [-0.2, 0) is 11.3 Å². The van der Waals surface area contributed by atoms with Crippen LogP contribution in [0.3, 0.4) is 0 Å². The van der Waals surface area contributed by atoms with Crippen molar-refractivity contribution in [1.29, 1.82) is 0 Å². The molecule has 1 fully saturated rings. The van der Waals surface area contributed by atoms with E-state index in [4.69, 9.17) is 5.73 Å². The fourth-order valence-electron chi connectivity index (χ4n) is 3.21. The van der Waals surface area contributed by atoms with E-state index in [1.807, 2.05) is 29.2 Å². The van der Waals surface area contributed by atoms with E-state index in [0.717, 1.165) is 11.3 Å². The summed E-state index contributed by atoms with van der Waals surface area (Å²) in [5.41, 5.74) is 8.31. The van der Waals surface area contributed by atoms with Crippen LogP contribution in [0.25, 0.3) is 0 Å². The fraction of sp³-hybridized carbons (Fsp3) is 0.227. The van der Waals surface area contributed by atoms with E-state index >= 15 is 0 Å². The first kappa shape index (κ1) is 20.1. The minimum Gasteiger partial charge on any atom is -0.368 e. The van der Waals surface area contributed by atoms with Crippen molar-refractivity contribution in [2.75, 3.05) is 31.1 Å². The average Bonchev–Trinajstić information content (AvgIpc) is 2.77. The van der Waals surface area contributed by atoms with Crippen LogP contribution >= 0.6 is 0 Å². The number of hydrogen-bond acceptors (Lipinski definition) is 4. The van der Waals surface area contributed by atoms with E-state index in [9.17, 15) is 14.4 Å². The Morgan fingerprint density at radius 1 is 0.931 bits per heavy atom.